The highest BCUT2D eigenvalue weighted by Crippen LogP contribution is 2.10. The molecule has 0 saturated heterocycles. The van der Waals surface area contributed by atoms with E-state index in [1.165, 1.54) is 19.3 Å². The molecule has 0 fully saturated rings. The van der Waals surface area contributed by atoms with E-state index in [9.17, 15) is 4.79 Å². The third-order valence-corrected chi connectivity index (χ3v) is 2.14. The lowest BCUT2D eigenvalue weighted by atomic mass is 10.1. The number of carbonyl (C=O) groups is 1. The van der Waals surface area contributed by atoms with Crippen molar-refractivity contribution in [3.05, 3.63) is 47.7 Å². The molecule has 0 unspecified atom stereocenters. The maximum Gasteiger partial charge on any atom is 0.337 e. The maximum atomic E-state index is 11.4. The molecule has 0 heterocycles. The number of hydrogen-bond donors (Lipinski definition) is 0. The molecular formula is C13H16ClNO2. The first-order chi connectivity index (χ1) is 7.96. The highest BCUT2D eigenvalue weighted by molar-refractivity contribution is 6.30. The van der Waals surface area contributed by atoms with Crippen molar-refractivity contribution >= 4 is 23.3 Å². The van der Waals surface area contributed by atoms with Crippen LogP contribution in [0.1, 0.15) is 13.8 Å². The molecule has 17 heavy (non-hydrogen) atoms. The van der Waals surface area contributed by atoms with Gasteiger partial charge in [0, 0.05) is 0 Å². The molecule has 3 nitrogen and oxygen atoms in total. The van der Waals surface area contributed by atoms with Gasteiger partial charge in [-0.25, -0.2) is 9.79 Å². The monoisotopic (exact) mass is 253 g/mol. The molecule has 0 aromatic heterocycles. The van der Waals surface area contributed by atoms with Crippen molar-refractivity contribution in [3.8, 4) is 0 Å². The predicted octanol–water partition coefficient (Wildman–Crippen LogP) is 3.39. The number of allylic oxidation sites excluding steroid dienone is 3. The van der Waals surface area contributed by atoms with Crippen molar-refractivity contribution in [2.24, 2.45) is 4.99 Å². The molecule has 0 bridgehead atoms. The van der Waals surface area contributed by atoms with Crippen LogP contribution in [0, 0.1) is 0 Å². The summed E-state index contributed by atoms with van der Waals surface area (Å²) in [5.74, 6) is -0.481. The number of carbonyl (C=O) groups excluding carboxylic acids is 1. The Kier molecular flexibility index (Phi) is 6.91. The number of nitrogens with zero attached hydrogens (tertiary/aromatic N) is 1. The molecule has 0 aromatic carbocycles. The van der Waals surface area contributed by atoms with Gasteiger partial charge in [0.05, 0.1) is 18.4 Å². The van der Waals surface area contributed by atoms with E-state index in [2.05, 4.69) is 22.9 Å². The zero-order chi connectivity index (χ0) is 13.4. The number of ether oxygens (including phenoxy) is 1. The Morgan fingerprint density at radius 1 is 1.47 bits per heavy atom. The first kappa shape index (κ1) is 15.4. The molecule has 0 radical (unpaired) electrons. The van der Waals surface area contributed by atoms with Crippen LogP contribution in [-0.4, -0.2) is 18.8 Å². The first-order valence-electron chi connectivity index (χ1n) is 4.95. The van der Waals surface area contributed by atoms with Crippen LogP contribution >= 0.6 is 11.6 Å². The fourth-order valence-electron chi connectivity index (χ4n) is 0.897. The number of halogens is 1. The maximum absolute atomic E-state index is 11.4. The normalized spacial score (nSPS) is 13.3. The average Bonchev–Trinajstić information content (AvgIpc) is 2.32. The lowest BCUT2D eigenvalue weighted by Crippen LogP contribution is -2.06. The Hall–Kier alpha value is -1.61. The van der Waals surface area contributed by atoms with E-state index in [0.717, 1.165) is 0 Å². The molecule has 0 saturated carbocycles. The Labute approximate surface area is 107 Å². The molecule has 0 amide bonds. The van der Waals surface area contributed by atoms with Crippen molar-refractivity contribution < 1.29 is 9.53 Å². The SMILES string of the molecule is C=C\C(=C/C(=N/C(Cl)=C\C)C(=C)C)C(=O)OC. The molecule has 0 aliphatic carbocycles. The van der Waals surface area contributed by atoms with Crippen LogP contribution in [0.2, 0.25) is 0 Å². The Morgan fingerprint density at radius 3 is 2.41 bits per heavy atom. The summed E-state index contributed by atoms with van der Waals surface area (Å²) in [7, 11) is 1.30. The van der Waals surface area contributed by atoms with Crippen LogP contribution < -0.4 is 0 Å². The fourth-order valence-corrected chi connectivity index (χ4v) is 0.988. The molecule has 0 aliphatic heterocycles. The van der Waals surface area contributed by atoms with E-state index in [-0.39, 0.29) is 0 Å². The lowest BCUT2D eigenvalue weighted by molar-refractivity contribution is -0.135. The summed E-state index contributed by atoms with van der Waals surface area (Å²) in [6.45, 7) is 10.8. The molecular weight excluding hydrogens is 238 g/mol. The molecule has 4 heteroatoms. The van der Waals surface area contributed by atoms with Gasteiger partial charge in [-0.1, -0.05) is 36.9 Å². The van der Waals surface area contributed by atoms with Crippen LogP contribution in [0.25, 0.3) is 0 Å². The third-order valence-electron chi connectivity index (χ3n) is 1.84. The Bertz CT molecular complexity index is 417. The molecule has 92 valence electrons. The summed E-state index contributed by atoms with van der Waals surface area (Å²) in [5, 5.41) is 0.326. The summed E-state index contributed by atoms with van der Waals surface area (Å²) in [6.07, 6.45) is 4.57. The number of aliphatic imine (C=N–C) groups is 1. The van der Waals surface area contributed by atoms with Gasteiger partial charge in [0.15, 0.2) is 0 Å². The van der Waals surface area contributed by atoms with E-state index >= 15 is 0 Å². The minimum absolute atomic E-state index is 0.301. The lowest BCUT2D eigenvalue weighted by Gasteiger charge is -2.03. The second-order valence-corrected chi connectivity index (χ2v) is 3.57. The second kappa shape index (κ2) is 7.63. The van der Waals surface area contributed by atoms with Crippen molar-refractivity contribution in [3.63, 3.8) is 0 Å². The second-order valence-electron chi connectivity index (χ2n) is 3.18. The topological polar surface area (TPSA) is 38.7 Å². The van der Waals surface area contributed by atoms with Crippen molar-refractivity contribution in [1.82, 2.24) is 0 Å². The van der Waals surface area contributed by atoms with Gasteiger partial charge in [-0.3, -0.25) is 0 Å². The summed E-state index contributed by atoms with van der Waals surface area (Å²) >= 11 is 5.81. The molecule has 0 aromatic rings. The van der Waals surface area contributed by atoms with Crippen LogP contribution in [0.15, 0.2) is 52.7 Å². The van der Waals surface area contributed by atoms with Gasteiger partial charge >= 0.3 is 5.97 Å². The standard InChI is InChI=1S/C13H16ClNO2/c1-6-10(13(16)17-5)8-11(9(3)4)15-12(14)7-2/h6-8H,1,3H2,2,4-5H3/b10-8+,12-7-,15-11-. The van der Waals surface area contributed by atoms with E-state index in [1.54, 1.807) is 19.9 Å². The van der Waals surface area contributed by atoms with Gasteiger partial charge in [0.25, 0.3) is 0 Å². The van der Waals surface area contributed by atoms with Gasteiger partial charge in [0.1, 0.15) is 5.16 Å². The number of methoxy groups -OCH3 is 1. The van der Waals surface area contributed by atoms with Crippen LogP contribution in [0.4, 0.5) is 0 Å². The smallest absolute Gasteiger partial charge is 0.337 e. The zero-order valence-electron chi connectivity index (χ0n) is 10.3. The fraction of sp³-hybridized carbons (Fsp3) is 0.231. The molecule has 0 rings (SSSR count). The largest absolute Gasteiger partial charge is 0.465 e. The van der Waals surface area contributed by atoms with E-state index < -0.39 is 5.97 Å². The Morgan fingerprint density at radius 2 is 2.06 bits per heavy atom. The van der Waals surface area contributed by atoms with Crippen LogP contribution in [-0.2, 0) is 9.53 Å². The van der Waals surface area contributed by atoms with E-state index in [0.29, 0.717) is 22.0 Å². The van der Waals surface area contributed by atoms with E-state index in [1.807, 2.05) is 0 Å². The zero-order valence-corrected chi connectivity index (χ0v) is 11.0. The van der Waals surface area contributed by atoms with Gasteiger partial charge < -0.3 is 4.74 Å². The van der Waals surface area contributed by atoms with Gasteiger partial charge in [-0.15, -0.1) is 0 Å². The summed E-state index contributed by atoms with van der Waals surface area (Å²) in [5.41, 5.74) is 1.50. The highest BCUT2D eigenvalue weighted by Gasteiger charge is 2.07. The van der Waals surface area contributed by atoms with Crippen LogP contribution in [0.5, 0.6) is 0 Å². The summed E-state index contributed by atoms with van der Waals surface area (Å²) < 4.78 is 4.60. The first-order valence-corrected chi connectivity index (χ1v) is 5.32. The highest BCUT2D eigenvalue weighted by atomic mass is 35.5. The molecule has 0 atom stereocenters. The summed E-state index contributed by atoms with van der Waals surface area (Å²) in [6, 6.07) is 0. The van der Waals surface area contributed by atoms with Crippen molar-refractivity contribution in [1.29, 1.82) is 0 Å². The average molecular weight is 254 g/mol. The Balaban J connectivity index is 5.44. The van der Waals surface area contributed by atoms with Crippen molar-refractivity contribution in [2.75, 3.05) is 7.11 Å². The quantitative estimate of drug-likeness (QED) is 0.248. The third kappa shape index (κ3) is 5.31. The van der Waals surface area contributed by atoms with Crippen LogP contribution in [0.3, 0.4) is 0 Å². The predicted molar refractivity (Wildman–Crippen MR) is 72.2 cm³/mol. The number of hydrogen-bond acceptors (Lipinski definition) is 3. The van der Waals surface area contributed by atoms with Gasteiger partial charge in [-0.05, 0) is 25.5 Å². The number of esters is 1. The molecule has 0 aliphatic rings. The molecule has 0 N–H and O–H groups in total. The van der Waals surface area contributed by atoms with Gasteiger partial charge in [0.2, 0.25) is 0 Å². The van der Waals surface area contributed by atoms with Gasteiger partial charge in [-0.2, -0.15) is 0 Å². The minimum Gasteiger partial charge on any atom is -0.465 e. The summed E-state index contributed by atoms with van der Waals surface area (Å²) in [4.78, 5) is 15.5. The van der Waals surface area contributed by atoms with E-state index in [4.69, 9.17) is 11.6 Å². The number of rotatable bonds is 5. The minimum atomic E-state index is -0.481. The molecule has 0 spiro atoms. The van der Waals surface area contributed by atoms with Crippen molar-refractivity contribution in [2.45, 2.75) is 13.8 Å².